The number of benzene rings is 2. The first-order valence-corrected chi connectivity index (χ1v) is 9.39. The Hall–Kier alpha value is -2.86. The Morgan fingerprint density at radius 1 is 1.14 bits per heavy atom. The third-order valence-electron chi connectivity index (χ3n) is 4.69. The molecule has 0 bridgehead atoms. The molecular formula is C21H21ClN2O4. The number of hydrogen-bond donors (Lipinski definition) is 1. The monoisotopic (exact) mass is 400 g/mol. The third-order valence-corrected chi connectivity index (χ3v) is 4.94. The van der Waals surface area contributed by atoms with Gasteiger partial charge in [0.05, 0.1) is 19.6 Å². The summed E-state index contributed by atoms with van der Waals surface area (Å²) in [6, 6.07) is 13.3. The van der Waals surface area contributed by atoms with Gasteiger partial charge in [0.15, 0.2) is 0 Å². The summed E-state index contributed by atoms with van der Waals surface area (Å²) < 4.78 is 4.74. The van der Waals surface area contributed by atoms with E-state index in [0.29, 0.717) is 23.6 Å². The highest BCUT2D eigenvalue weighted by Gasteiger charge is 2.23. The molecule has 0 saturated carbocycles. The third kappa shape index (κ3) is 4.70. The summed E-state index contributed by atoms with van der Waals surface area (Å²) in [5.74, 6) is -0.649. The molecule has 2 amide bonds. The summed E-state index contributed by atoms with van der Waals surface area (Å²) in [5.41, 5.74) is 1.98. The van der Waals surface area contributed by atoms with E-state index in [9.17, 15) is 14.4 Å². The lowest BCUT2D eigenvalue weighted by Gasteiger charge is -2.19. The fourth-order valence-electron chi connectivity index (χ4n) is 3.15. The summed E-state index contributed by atoms with van der Waals surface area (Å²) in [6.45, 7) is 0.697. The normalized spacial score (nSPS) is 14.6. The zero-order valence-corrected chi connectivity index (χ0v) is 16.2. The van der Waals surface area contributed by atoms with Crippen LogP contribution in [-0.4, -0.2) is 31.4 Å². The number of anilines is 1. The molecule has 0 radical (unpaired) electrons. The average Bonchev–Trinajstić information content (AvgIpc) is 3.14. The lowest BCUT2D eigenvalue weighted by atomic mass is 10.0. The van der Waals surface area contributed by atoms with E-state index < -0.39 is 12.0 Å². The summed E-state index contributed by atoms with van der Waals surface area (Å²) in [4.78, 5) is 38.0. The van der Waals surface area contributed by atoms with Gasteiger partial charge in [-0.05, 0) is 48.4 Å². The summed E-state index contributed by atoms with van der Waals surface area (Å²) >= 11 is 5.92. The van der Waals surface area contributed by atoms with Crippen molar-refractivity contribution < 1.29 is 19.1 Å². The van der Waals surface area contributed by atoms with Crippen LogP contribution in [0.4, 0.5) is 5.69 Å². The van der Waals surface area contributed by atoms with Gasteiger partial charge in [-0.25, -0.2) is 0 Å². The summed E-state index contributed by atoms with van der Waals surface area (Å²) in [6.07, 6.45) is 1.40. The molecule has 1 fully saturated rings. The van der Waals surface area contributed by atoms with Crippen LogP contribution < -0.4 is 10.2 Å². The Morgan fingerprint density at radius 3 is 2.39 bits per heavy atom. The minimum Gasteiger partial charge on any atom is -0.469 e. The zero-order valence-electron chi connectivity index (χ0n) is 15.5. The molecule has 0 aliphatic carbocycles. The molecule has 6 nitrogen and oxygen atoms in total. The number of methoxy groups -OCH3 is 1. The van der Waals surface area contributed by atoms with Crippen LogP contribution in [0.15, 0.2) is 48.5 Å². The maximum atomic E-state index is 12.7. The number of halogens is 1. The maximum absolute atomic E-state index is 12.7. The molecule has 7 heteroatoms. The van der Waals surface area contributed by atoms with E-state index in [4.69, 9.17) is 16.3 Å². The molecule has 2 aromatic carbocycles. The van der Waals surface area contributed by atoms with E-state index in [-0.39, 0.29) is 18.2 Å². The molecule has 1 unspecified atom stereocenters. The van der Waals surface area contributed by atoms with Crippen LogP contribution in [0.2, 0.25) is 5.02 Å². The SMILES string of the molecule is COC(=O)CC(NC(=O)c1ccc(N2CCCC2=O)cc1)c1ccc(Cl)cc1. The summed E-state index contributed by atoms with van der Waals surface area (Å²) in [5, 5.41) is 3.44. The number of nitrogens with one attached hydrogen (secondary N) is 1. The molecule has 1 heterocycles. The molecule has 1 aliphatic rings. The van der Waals surface area contributed by atoms with Gasteiger partial charge in [0.25, 0.3) is 5.91 Å². The van der Waals surface area contributed by atoms with Crippen molar-refractivity contribution in [3.05, 3.63) is 64.7 Å². The molecule has 1 atom stereocenters. The van der Waals surface area contributed by atoms with Crippen LogP contribution in [0.25, 0.3) is 0 Å². The highest BCUT2D eigenvalue weighted by molar-refractivity contribution is 6.30. The molecule has 1 saturated heterocycles. The van der Waals surface area contributed by atoms with Gasteiger partial charge in [-0.1, -0.05) is 23.7 Å². The Kier molecular flexibility index (Phi) is 6.31. The second kappa shape index (κ2) is 8.89. The quantitative estimate of drug-likeness (QED) is 0.753. The van der Waals surface area contributed by atoms with Crippen molar-refractivity contribution in [1.29, 1.82) is 0 Å². The molecule has 0 spiro atoms. The standard InChI is InChI=1S/C21H21ClN2O4/c1-28-20(26)13-18(14-4-8-16(22)9-5-14)23-21(27)15-6-10-17(11-7-15)24-12-2-3-19(24)25/h4-11,18H,2-3,12-13H2,1H3,(H,23,27). The van der Waals surface area contributed by atoms with E-state index in [1.54, 1.807) is 53.4 Å². The van der Waals surface area contributed by atoms with Gasteiger partial charge in [-0.2, -0.15) is 0 Å². The van der Waals surface area contributed by atoms with Crippen molar-refractivity contribution in [2.45, 2.75) is 25.3 Å². The molecule has 1 aliphatic heterocycles. The van der Waals surface area contributed by atoms with E-state index in [0.717, 1.165) is 17.7 Å². The minimum atomic E-state index is -0.544. The topological polar surface area (TPSA) is 75.7 Å². The van der Waals surface area contributed by atoms with Crippen LogP contribution in [0.3, 0.4) is 0 Å². The van der Waals surface area contributed by atoms with Gasteiger partial charge < -0.3 is 15.0 Å². The van der Waals surface area contributed by atoms with Gasteiger partial charge in [0.1, 0.15) is 0 Å². The number of rotatable bonds is 6. The Labute approximate surface area is 168 Å². The van der Waals surface area contributed by atoms with E-state index >= 15 is 0 Å². The molecule has 1 N–H and O–H groups in total. The number of hydrogen-bond acceptors (Lipinski definition) is 4. The highest BCUT2D eigenvalue weighted by Crippen LogP contribution is 2.23. The van der Waals surface area contributed by atoms with Crippen molar-refractivity contribution in [1.82, 2.24) is 5.32 Å². The van der Waals surface area contributed by atoms with Gasteiger partial charge in [-0.3, -0.25) is 14.4 Å². The van der Waals surface area contributed by atoms with Gasteiger partial charge in [0.2, 0.25) is 5.91 Å². The smallest absolute Gasteiger partial charge is 0.307 e. The molecule has 146 valence electrons. The first kappa shape index (κ1) is 19.9. The maximum Gasteiger partial charge on any atom is 0.307 e. The average molecular weight is 401 g/mol. The summed E-state index contributed by atoms with van der Waals surface area (Å²) in [7, 11) is 1.31. The molecule has 3 rings (SSSR count). The number of carbonyl (C=O) groups is 3. The Bertz CT molecular complexity index is 865. The Balaban J connectivity index is 1.74. The lowest BCUT2D eigenvalue weighted by Crippen LogP contribution is -2.30. The van der Waals surface area contributed by atoms with Crippen molar-refractivity contribution in [3.8, 4) is 0 Å². The van der Waals surface area contributed by atoms with Gasteiger partial charge in [-0.15, -0.1) is 0 Å². The molecule has 28 heavy (non-hydrogen) atoms. The number of carbonyl (C=O) groups excluding carboxylic acids is 3. The fraction of sp³-hybridized carbons (Fsp3) is 0.286. The largest absolute Gasteiger partial charge is 0.469 e. The van der Waals surface area contributed by atoms with E-state index in [1.807, 2.05) is 0 Å². The molecular weight excluding hydrogens is 380 g/mol. The van der Waals surface area contributed by atoms with Crippen LogP contribution in [-0.2, 0) is 14.3 Å². The van der Waals surface area contributed by atoms with Gasteiger partial charge in [0, 0.05) is 29.2 Å². The Morgan fingerprint density at radius 2 is 1.82 bits per heavy atom. The number of amides is 2. The number of nitrogens with zero attached hydrogens (tertiary/aromatic N) is 1. The second-order valence-corrected chi connectivity index (χ2v) is 6.99. The van der Waals surface area contributed by atoms with E-state index in [1.165, 1.54) is 7.11 Å². The second-order valence-electron chi connectivity index (χ2n) is 6.55. The van der Waals surface area contributed by atoms with Crippen LogP contribution in [0.1, 0.15) is 41.2 Å². The van der Waals surface area contributed by atoms with E-state index in [2.05, 4.69) is 5.32 Å². The number of esters is 1. The molecule has 0 aromatic heterocycles. The minimum absolute atomic E-state index is 0.00420. The number of ether oxygens (including phenoxy) is 1. The van der Waals surface area contributed by atoms with Gasteiger partial charge >= 0.3 is 5.97 Å². The predicted octanol–water partition coefficient (Wildman–Crippen LogP) is 3.50. The van der Waals surface area contributed by atoms with Crippen LogP contribution in [0.5, 0.6) is 0 Å². The highest BCUT2D eigenvalue weighted by atomic mass is 35.5. The van der Waals surface area contributed by atoms with Crippen LogP contribution in [0, 0.1) is 0 Å². The van der Waals surface area contributed by atoms with Crippen molar-refractivity contribution in [3.63, 3.8) is 0 Å². The van der Waals surface area contributed by atoms with Crippen molar-refractivity contribution in [2.75, 3.05) is 18.6 Å². The first-order valence-electron chi connectivity index (χ1n) is 9.01. The molecule has 2 aromatic rings. The lowest BCUT2D eigenvalue weighted by molar-refractivity contribution is -0.141. The van der Waals surface area contributed by atoms with Crippen molar-refractivity contribution in [2.24, 2.45) is 0 Å². The predicted molar refractivity (Wildman–Crippen MR) is 106 cm³/mol. The fourth-order valence-corrected chi connectivity index (χ4v) is 3.28. The first-order chi connectivity index (χ1) is 13.5. The van der Waals surface area contributed by atoms with Crippen LogP contribution >= 0.6 is 11.6 Å². The van der Waals surface area contributed by atoms with Crippen molar-refractivity contribution >= 4 is 35.1 Å². The zero-order chi connectivity index (χ0) is 20.1.